The number of rotatable bonds is 5. The van der Waals surface area contributed by atoms with Crippen molar-refractivity contribution >= 4 is 53.0 Å². The zero-order valence-corrected chi connectivity index (χ0v) is 22.2. The third-order valence-corrected chi connectivity index (χ3v) is 8.36. The number of hydrogen-bond acceptors (Lipinski definition) is 7. The molecule has 4 rings (SSSR count). The number of hydrogen-bond donors (Lipinski definition) is 0. The highest BCUT2D eigenvalue weighted by atomic mass is 35.5. The molecule has 1 aromatic rings. The van der Waals surface area contributed by atoms with Gasteiger partial charge in [0.05, 0.1) is 18.2 Å². The third-order valence-electron chi connectivity index (χ3n) is 6.19. The van der Waals surface area contributed by atoms with Gasteiger partial charge in [-0.2, -0.15) is 13.2 Å². The topological polar surface area (TPSA) is 63.2 Å². The number of halogens is 5. The summed E-state index contributed by atoms with van der Waals surface area (Å²) >= 11 is 17.9. The highest BCUT2D eigenvalue weighted by molar-refractivity contribution is 8.09. The zero-order chi connectivity index (χ0) is 25.6. The van der Waals surface area contributed by atoms with Gasteiger partial charge in [0, 0.05) is 30.1 Å². The first-order valence-electron chi connectivity index (χ1n) is 11.0. The van der Waals surface area contributed by atoms with E-state index in [0.717, 1.165) is 6.42 Å². The van der Waals surface area contributed by atoms with Crippen LogP contribution in [0.3, 0.4) is 0 Å². The summed E-state index contributed by atoms with van der Waals surface area (Å²) in [7, 11) is 0. The maximum Gasteiger partial charge on any atom is 0.412 e. The summed E-state index contributed by atoms with van der Waals surface area (Å²) < 4.78 is 67.2. The van der Waals surface area contributed by atoms with E-state index < -0.39 is 36.6 Å². The van der Waals surface area contributed by atoms with Crippen LogP contribution in [0.5, 0.6) is 0 Å². The van der Waals surface area contributed by atoms with E-state index in [2.05, 4.69) is 0 Å². The Bertz CT molecular complexity index is 1070. The van der Waals surface area contributed by atoms with Gasteiger partial charge in [0.25, 0.3) is 0 Å². The third kappa shape index (κ3) is 5.84. The second kappa shape index (κ2) is 9.78. The van der Waals surface area contributed by atoms with Crippen molar-refractivity contribution in [2.75, 3.05) is 26.5 Å². The molecule has 6 nitrogen and oxygen atoms in total. The molecule has 1 saturated heterocycles. The lowest BCUT2D eigenvalue weighted by Crippen LogP contribution is -2.49. The first-order chi connectivity index (χ1) is 16.2. The lowest BCUT2D eigenvalue weighted by molar-refractivity contribution is -0.290. The smallest absolute Gasteiger partial charge is 0.412 e. The summed E-state index contributed by atoms with van der Waals surface area (Å²) in [6, 6.07) is 3.09. The van der Waals surface area contributed by atoms with Gasteiger partial charge in [0.2, 0.25) is 6.49 Å². The number of alkyl halides is 3. The molecule has 0 radical (unpaired) electrons. The van der Waals surface area contributed by atoms with E-state index in [0.29, 0.717) is 42.2 Å². The highest BCUT2D eigenvalue weighted by Crippen LogP contribution is 2.58. The SMILES string of the molecule is Cc1cc(Cl)cc(Cl)c1C1=C(OP(C)(=S)OCC(F)(F)F)C2(CCC3(CC2)OCCCO3)OC1=O. The first-order valence-corrected chi connectivity index (χ1v) is 14.8. The molecular formula is C22H24Cl2F3O6PS. The van der Waals surface area contributed by atoms with Gasteiger partial charge in [0.15, 0.2) is 23.8 Å². The predicted molar refractivity (Wildman–Crippen MR) is 128 cm³/mol. The van der Waals surface area contributed by atoms with Crippen LogP contribution in [0, 0.1) is 6.92 Å². The maximum atomic E-state index is 13.3. The van der Waals surface area contributed by atoms with Gasteiger partial charge in [-0.25, -0.2) is 4.79 Å². The molecule has 1 aromatic carbocycles. The number of benzene rings is 1. The van der Waals surface area contributed by atoms with Gasteiger partial charge < -0.3 is 23.3 Å². The fraction of sp³-hybridized carbons (Fsp3) is 0.591. The van der Waals surface area contributed by atoms with E-state index in [4.69, 9.17) is 58.3 Å². The molecule has 35 heavy (non-hydrogen) atoms. The molecule has 2 aliphatic heterocycles. The van der Waals surface area contributed by atoms with Gasteiger partial charge in [-0.3, -0.25) is 0 Å². The van der Waals surface area contributed by atoms with Crippen LogP contribution < -0.4 is 0 Å². The fourth-order valence-corrected chi connectivity index (χ4v) is 6.71. The molecule has 1 unspecified atom stereocenters. The Labute approximate surface area is 216 Å². The summed E-state index contributed by atoms with van der Waals surface area (Å²) in [5.41, 5.74) is -0.361. The van der Waals surface area contributed by atoms with E-state index in [1.54, 1.807) is 13.0 Å². The number of aryl methyl sites for hydroxylation is 1. The van der Waals surface area contributed by atoms with Crippen LogP contribution in [0.25, 0.3) is 5.57 Å². The largest absolute Gasteiger partial charge is 0.447 e. The molecule has 3 aliphatic rings. The van der Waals surface area contributed by atoms with E-state index in [1.807, 2.05) is 0 Å². The predicted octanol–water partition coefficient (Wildman–Crippen LogP) is 6.55. The lowest BCUT2D eigenvalue weighted by Gasteiger charge is -2.45. The van der Waals surface area contributed by atoms with Crippen molar-refractivity contribution in [3.05, 3.63) is 39.1 Å². The zero-order valence-electron chi connectivity index (χ0n) is 19.0. The minimum atomic E-state index is -4.59. The van der Waals surface area contributed by atoms with E-state index in [9.17, 15) is 18.0 Å². The molecular weight excluding hydrogens is 551 g/mol. The summed E-state index contributed by atoms with van der Waals surface area (Å²) in [6.07, 6.45) is -2.51. The maximum absolute atomic E-state index is 13.3. The second-order valence-electron chi connectivity index (χ2n) is 8.88. The van der Waals surface area contributed by atoms with Crippen molar-refractivity contribution in [3.63, 3.8) is 0 Å². The van der Waals surface area contributed by atoms with Gasteiger partial charge in [-0.05, 0) is 55.7 Å². The molecule has 13 heteroatoms. The van der Waals surface area contributed by atoms with Crippen LogP contribution in [0.4, 0.5) is 13.2 Å². The van der Waals surface area contributed by atoms with Gasteiger partial charge in [-0.1, -0.05) is 23.2 Å². The average molecular weight is 575 g/mol. The number of ether oxygens (including phenoxy) is 3. The van der Waals surface area contributed by atoms with E-state index >= 15 is 0 Å². The molecule has 0 aromatic heterocycles. The van der Waals surface area contributed by atoms with Crippen molar-refractivity contribution in [2.45, 2.75) is 56.6 Å². The monoisotopic (exact) mass is 574 g/mol. The van der Waals surface area contributed by atoms with Crippen LogP contribution in [0.1, 0.15) is 43.2 Å². The van der Waals surface area contributed by atoms with Gasteiger partial charge in [0.1, 0.15) is 5.57 Å². The molecule has 1 saturated carbocycles. The Morgan fingerprint density at radius 2 is 1.77 bits per heavy atom. The van der Waals surface area contributed by atoms with Crippen LogP contribution in [0.2, 0.25) is 10.0 Å². The van der Waals surface area contributed by atoms with Crippen LogP contribution in [0.15, 0.2) is 17.9 Å². The Hall–Kier alpha value is -0.870. The van der Waals surface area contributed by atoms with Gasteiger partial charge in [-0.15, -0.1) is 0 Å². The Balaban J connectivity index is 1.76. The van der Waals surface area contributed by atoms with Crippen LogP contribution in [-0.2, 0) is 39.9 Å². The Morgan fingerprint density at radius 1 is 1.14 bits per heavy atom. The highest BCUT2D eigenvalue weighted by Gasteiger charge is 2.56. The summed E-state index contributed by atoms with van der Waals surface area (Å²) in [6.45, 7) is -0.983. The standard InChI is InChI=1S/C22H24Cl2F3O6PS/c1-13-10-14(23)11-15(24)16(13)17-18(33-34(2,35)31-12-22(25,26)27)20(32-19(17)28)4-6-21(7-5-20)29-8-3-9-30-21/h10-11H,3-9,12H2,1-2H3. The summed E-state index contributed by atoms with van der Waals surface area (Å²) in [4.78, 5) is 13.3. The minimum absolute atomic E-state index is 0.0114. The molecule has 194 valence electrons. The van der Waals surface area contributed by atoms with Crippen molar-refractivity contribution < 1.29 is 41.2 Å². The summed E-state index contributed by atoms with van der Waals surface area (Å²) in [5.74, 6) is -1.47. The Morgan fingerprint density at radius 3 is 2.34 bits per heavy atom. The van der Waals surface area contributed by atoms with Crippen molar-refractivity contribution in [2.24, 2.45) is 0 Å². The molecule has 1 atom stereocenters. The molecule has 2 fully saturated rings. The van der Waals surface area contributed by atoms with Crippen molar-refractivity contribution in [1.29, 1.82) is 0 Å². The molecule has 0 amide bonds. The normalized spacial score (nSPS) is 23.5. The first kappa shape index (κ1) is 27.2. The molecule has 0 N–H and O–H groups in total. The lowest BCUT2D eigenvalue weighted by atomic mass is 9.79. The van der Waals surface area contributed by atoms with Crippen LogP contribution >= 0.6 is 29.7 Å². The quantitative estimate of drug-likeness (QED) is 0.292. The number of esters is 1. The number of carbonyl (C=O) groups excluding carboxylic acids is 1. The van der Waals surface area contributed by atoms with E-state index in [-0.39, 0.29) is 29.2 Å². The minimum Gasteiger partial charge on any atom is -0.447 e. The second-order valence-corrected chi connectivity index (χ2v) is 13.7. The van der Waals surface area contributed by atoms with Crippen LogP contribution in [-0.4, -0.2) is 50.0 Å². The molecule has 2 spiro atoms. The summed E-state index contributed by atoms with van der Waals surface area (Å²) in [5, 5.41) is 0.535. The number of carbonyl (C=O) groups is 1. The van der Waals surface area contributed by atoms with E-state index in [1.165, 1.54) is 12.7 Å². The fourth-order valence-electron chi connectivity index (χ4n) is 4.61. The van der Waals surface area contributed by atoms with Gasteiger partial charge >= 0.3 is 12.1 Å². The Kier molecular flexibility index (Phi) is 7.59. The van der Waals surface area contributed by atoms with Crippen molar-refractivity contribution in [3.8, 4) is 0 Å². The molecule has 1 aliphatic carbocycles. The van der Waals surface area contributed by atoms with Crippen molar-refractivity contribution in [1.82, 2.24) is 0 Å². The molecule has 0 bridgehead atoms. The average Bonchev–Trinajstić information content (AvgIpc) is 3.00. The molecule has 2 heterocycles.